The highest BCUT2D eigenvalue weighted by molar-refractivity contribution is 7.92. The summed E-state index contributed by atoms with van der Waals surface area (Å²) in [6, 6.07) is 21.5. The van der Waals surface area contributed by atoms with Gasteiger partial charge >= 0.3 is 0 Å². The summed E-state index contributed by atoms with van der Waals surface area (Å²) in [7, 11) is -4.08. The van der Waals surface area contributed by atoms with E-state index in [0.29, 0.717) is 23.7 Å². The molecule has 1 N–H and O–H groups in total. The fourth-order valence-electron chi connectivity index (χ4n) is 4.36. The number of rotatable bonds is 14. The lowest BCUT2D eigenvalue weighted by atomic mass is 10.1. The molecule has 3 aromatic carbocycles. The maximum Gasteiger partial charge on any atom is 0.264 e. The van der Waals surface area contributed by atoms with Crippen LogP contribution in [0.5, 0.6) is 0 Å². The zero-order valence-electron chi connectivity index (χ0n) is 23.3. The van der Waals surface area contributed by atoms with Gasteiger partial charge in [0.2, 0.25) is 11.8 Å². The topological polar surface area (TPSA) is 86.8 Å². The number of unbranched alkanes of at least 4 members (excludes halogenated alkanes) is 1. The number of halogens is 1. The van der Waals surface area contributed by atoms with Gasteiger partial charge in [-0.3, -0.25) is 13.9 Å². The van der Waals surface area contributed by atoms with E-state index in [0.717, 1.165) is 34.7 Å². The lowest BCUT2D eigenvalue weighted by molar-refractivity contribution is -0.140. The molecule has 0 aliphatic heterocycles. The van der Waals surface area contributed by atoms with Crippen molar-refractivity contribution in [1.82, 2.24) is 10.2 Å². The molecule has 0 aliphatic rings. The Morgan fingerprint density at radius 1 is 0.875 bits per heavy atom. The smallest absolute Gasteiger partial charge is 0.264 e. The van der Waals surface area contributed by atoms with Crippen molar-refractivity contribution in [2.24, 2.45) is 0 Å². The molecule has 3 aromatic rings. The summed E-state index contributed by atoms with van der Waals surface area (Å²) in [6.07, 6.45) is 2.91. The second kappa shape index (κ2) is 14.9. The fraction of sp³-hybridized carbons (Fsp3) is 0.355. The first-order valence-electron chi connectivity index (χ1n) is 13.7. The molecule has 214 valence electrons. The van der Waals surface area contributed by atoms with Crippen LogP contribution in [-0.4, -0.2) is 44.3 Å². The summed E-state index contributed by atoms with van der Waals surface area (Å²) in [4.78, 5) is 28.8. The van der Waals surface area contributed by atoms with Crippen LogP contribution in [0, 0.1) is 0 Å². The second-order valence-corrected chi connectivity index (χ2v) is 11.9. The van der Waals surface area contributed by atoms with E-state index in [-0.39, 0.29) is 17.3 Å². The van der Waals surface area contributed by atoms with Gasteiger partial charge in [-0.25, -0.2) is 8.42 Å². The number of carbonyl (C=O) groups excluding carboxylic acids is 2. The lowest BCUT2D eigenvalue weighted by Gasteiger charge is -2.33. The van der Waals surface area contributed by atoms with E-state index in [2.05, 4.69) is 5.32 Å². The fourth-order valence-corrected chi connectivity index (χ4v) is 5.92. The first-order chi connectivity index (χ1) is 19.2. The number of carbonyl (C=O) groups is 2. The molecular formula is C31H38ClN3O4S. The maximum absolute atomic E-state index is 14.0. The van der Waals surface area contributed by atoms with Crippen molar-refractivity contribution in [3.05, 3.63) is 95.0 Å². The van der Waals surface area contributed by atoms with Gasteiger partial charge in [0.15, 0.2) is 0 Å². The average molecular weight is 584 g/mol. The average Bonchev–Trinajstić information content (AvgIpc) is 2.97. The van der Waals surface area contributed by atoms with Crippen LogP contribution in [0.25, 0.3) is 0 Å². The molecule has 0 fully saturated rings. The molecule has 0 unspecified atom stereocenters. The number of hydrogen-bond acceptors (Lipinski definition) is 4. The number of nitrogens with one attached hydrogen (secondary N) is 1. The van der Waals surface area contributed by atoms with Crippen LogP contribution in [0.3, 0.4) is 0 Å². The Hall–Kier alpha value is -3.36. The number of aryl methyl sites for hydroxylation is 1. The van der Waals surface area contributed by atoms with Crippen LogP contribution in [-0.2, 0) is 32.6 Å². The van der Waals surface area contributed by atoms with Crippen molar-refractivity contribution in [3.63, 3.8) is 0 Å². The Labute approximate surface area is 243 Å². The summed E-state index contributed by atoms with van der Waals surface area (Å²) < 4.78 is 28.8. The Morgan fingerprint density at radius 3 is 2.08 bits per heavy atom. The van der Waals surface area contributed by atoms with Crippen LogP contribution >= 0.6 is 11.6 Å². The SMILES string of the molecule is CCCCNC(=O)[C@@H](CC)N(Cc1ccc(Cl)cc1)C(=O)CN(c1ccc(CC)cc1)S(=O)(=O)c1ccccc1. The molecule has 1 atom stereocenters. The quantitative estimate of drug-likeness (QED) is 0.242. The highest BCUT2D eigenvalue weighted by Gasteiger charge is 2.33. The van der Waals surface area contributed by atoms with Crippen molar-refractivity contribution < 1.29 is 18.0 Å². The zero-order chi connectivity index (χ0) is 29.1. The highest BCUT2D eigenvalue weighted by atomic mass is 35.5. The van der Waals surface area contributed by atoms with Gasteiger partial charge in [-0.05, 0) is 66.8 Å². The van der Waals surface area contributed by atoms with Crippen LogP contribution < -0.4 is 9.62 Å². The molecule has 2 amide bonds. The second-order valence-electron chi connectivity index (χ2n) is 9.56. The van der Waals surface area contributed by atoms with Crippen molar-refractivity contribution in [2.75, 3.05) is 17.4 Å². The molecule has 0 saturated carbocycles. The van der Waals surface area contributed by atoms with E-state index in [1.54, 1.807) is 54.6 Å². The molecule has 9 heteroatoms. The molecular weight excluding hydrogens is 546 g/mol. The highest BCUT2D eigenvalue weighted by Crippen LogP contribution is 2.25. The number of sulfonamides is 1. The van der Waals surface area contributed by atoms with Gasteiger partial charge in [0, 0.05) is 18.1 Å². The van der Waals surface area contributed by atoms with Gasteiger partial charge in [0.05, 0.1) is 10.6 Å². The van der Waals surface area contributed by atoms with E-state index in [1.165, 1.54) is 17.0 Å². The summed E-state index contributed by atoms with van der Waals surface area (Å²) in [5.74, 6) is -0.741. The summed E-state index contributed by atoms with van der Waals surface area (Å²) >= 11 is 6.07. The molecule has 0 aromatic heterocycles. The van der Waals surface area contributed by atoms with Crippen molar-refractivity contribution in [1.29, 1.82) is 0 Å². The number of hydrogen-bond donors (Lipinski definition) is 1. The molecule has 3 rings (SSSR count). The summed E-state index contributed by atoms with van der Waals surface area (Å²) in [5, 5.41) is 3.49. The van der Waals surface area contributed by atoms with Crippen molar-refractivity contribution >= 4 is 39.1 Å². The predicted molar refractivity (Wildman–Crippen MR) is 161 cm³/mol. The Bertz CT molecular complexity index is 1350. The third-order valence-corrected chi connectivity index (χ3v) is 8.76. The van der Waals surface area contributed by atoms with Crippen LogP contribution in [0.2, 0.25) is 5.02 Å². The zero-order valence-corrected chi connectivity index (χ0v) is 24.9. The molecule has 7 nitrogen and oxygen atoms in total. The lowest BCUT2D eigenvalue weighted by Crippen LogP contribution is -2.52. The number of amides is 2. The summed E-state index contributed by atoms with van der Waals surface area (Å²) in [5.41, 5.74) is 2.20. The van der Waals surface area contributed by atoms with E-state index in [9.17, 15) is 18.0 Å². The summed E-state index contributed by atoms with van der Waals surface area (Å²) in [6.45, 7) is 6.07. The third kappa shape index (κ3) is 8.08. The first-order valence-corrected chi connectivity index (χ1v) is 15.5. The minimum absolute atomic E-state index is 0.0796. The normalized spacial score (nSPS) is 12.0. The Balaban J connectivity index is 2.02. The van der Waals surface area contributed by atoms with E-state index >= 15 is 0 Å². The Morgan fingerprint density at radius 2 is 1.50 bits per heavy atom. The standard InChI is InChI=1S/C31H38ClN3O4S/c1-4-7-21-33-31(37)29(6-3)34(22-25-13-17-26(32)18-14-25)30(36)23-35(27-19-15-24(5-2)16-20-27)40(38,39)28-11-9-8-10-12-28/h8-20,29H,4-7,21-23H2,1-3H3,(H,33,37)/t29-/m1/s1. The van der Waals surface area contributed by atoms with Gasteiger partial charge in [-0.2, -0.15) is 0 Å². The molecule has 0 spiro atoms. The van der Waals surface area contributed by atoms with Gasteiger partial charge in [0.1, 0.15) is 12.6 Å². The monoisotopic (exact) mass is 583 g/mol. The van der Waals surface area contributed by atoms with E-state index in [4.69, 9.17) is 11.6 Å². The van der Waals surface area contributed by atoms with Crippen LogP contribution in [0.1, 0.15) is 51.2 Å². The molecule has 40 heavy (non-hydrogen) atoms. The van der Waals surface area contributed by atoms with Gasteiger partial charge in [-0.1, -0.05) is 81.3 Å². The molecule has 0 aliphatic carbocycles. The van der Waals surface area contributed by atoms with Gasteiger partial charge in [-0.15, -0.1) is 0 Å². The van der Waals surface area contributed by atoms with Crippen molar-refractivity contribution in [3.8, 4) is 0 Å². The van der Waals surface area contributed by atoms with Gasteiger partial charge < -0.3 is 10.2 Å². The largest absolute Gasteiger partial charge is 0.354 e. The number of nitrogens with zero attached hydrogens (tertiary/aromatic N) is 2. The molecule has 0 heterocycles. The van der Waals surface area contributed by atoms with Crippen LogP contribution in [0.4, 0.5) is 5.69 Å². The molecule has 0 saturated heterocycles. The minimum atomic E-state index is -4.08. The predicted octanol–water partition coefficient (Wildman–Crippen LogP) is 5.82. The number of benzene rings is 3. The minimum Gasteiger partial charge on any atom is -0.354 e. The first kappa shape index (κ1) is 31.2. The maximum atomic E-state index is 14.0. The number of anilines is 1. The van der Waals surface area contributed by atoms with Crippen LogP contribution in [0.15, 0.2) is 83.8 Å². The van der Waals surface area contributed by atoms with Gasteiger partial charge in [0.25, 0.3) is 10.0 Å². The molecule has 0 bridgehead atoms. The van der Waals surface area contributed by atoms with E-state index in [1.807, 2.05) is 32.9 Å². The third-order valence-electron chi connectivity index (χ3n) is 6.72. The van der Waals surface area contributed by atoms with Crippen molar-refractivity contribution in [2.45, 2.75) is 63.9 Å². The van der Waals surface area contributed by atoms with E-state index < -0.39 is 28.5 Å². The Kier molecular flexibility index (Phi) is 11.6. The molecule has 0 radical (unpaired) electrons.